The minimum Gasteiger partial charge on any atom is -0.497 e. The van der Waals surface area contributed by atoms with Gasteiger partial charge in [0, 0.05) is 12.1 Å². The zero-order valence-electron chi connectivity index (χ0n) is 16.0. The van der Waals surface area contributed by atoms with Crippen molar-refractivity contribution in [3.8, 4) is 11.8 Å². The molecule has 2 amide bonds. The summed E-state index contributed by atoms with van der Waals surface area (Å²) < 4.78 is 5.12. The van der Waals surface area contributed by atoms with Crippen molar-refractivity contribution in [3.05, 3.63) is 47.7 Å². The first-order valence-corrected chi connectivity index (χ1v) is 9.88. The number of pyridine rings is 1. The molecule has 1 aromatic carbocycles. The predicted octanol–water partition coefficient (Wildman–Crippen LogP) is 3.58. The summed E-state index contributed by atoms with van der Waals surface area (Å²) in [6.07, 6.45) is 0.866. The number of methoxy groups -OCH3 is 1. The van der Waals surface area contributed by atoms with Crippen molar-refractivity contribution >= 4 is 29.3 Å². The summed E-state index contributed by atoms with van der Waals surface area (Å²) in [6, 6.07) is 12.5. The fraction of sp³-hybridized carbons (Fsp3) is 0.333. The van der Waals surface area contributed by atoms with Crippen LogP contribution in [0.25, 0.3) is 0 Å². The van der Waals surface area contributed by atoms with E-state index in [-0.39, 0.29) is 18.2 Å². The number of amides is 2. The molecule has 1 fully saturated rings. The van der Waals surface area contributed by atoms with Crippen LogP contribution in [0.1, 0.15) is 31.5 Å². The molecule has 1 aliphatic rings. The van der Waals surface area contributed by atoms with Gasteiger partial charge in [0.25, 0.3) is 0 Å². The van der Waals surface area contributed by atoms with Gasteiger partial charge in [0.2, 0.25) is 11.8 Å². The number of benzene rings is 1. The number of aromatic nitrogens is 1. The van der Waals surface area contributed by atoms with Crippen molar-refractivity contribution in [1.29, 1.82) is 5.26 Å². The van der Waals surface area contributed by atoms with Crippen molar-refractivity contribution in [2.24, 2.45) is 5.92 Å². The lowest BCUT2D eigenvalue weighted by Crippen LogP contribution is -2.31. The van der Waals surface area contributed by atoms with E-state index in [9.17, 15) is 14.9 Å². The van der Waals surface area contributed by atoms with Crippen molar-refractivity contribution in [2.75, 3.05) is 12.0 Å². The van der Waals surface area contributed by atoms with Gasteiger partial charge in [-0.2, -0.15) is 5.26 Å². The van der Waals surface area contributed by atoms with Gasteiger partial charge in [-0.05, 0) is 48.7 Å². The number of ether oxygens (including phenoxy) is 1. The number of anilines is 1. The van der Waals surface area contributed by atoms with Crippen molar-refractivity contribution in [3.63, 3.8) is 0 Å². The van der Waals surface area contributed by atoms with Crippen LogP contribution < -0.4 is 9.64 Å². The Balaban J connectivity index is 1.82. The van der Waals surface area contributed by atoms with E-state index in [1.807, 2.05) is 6.07 Å². The maximum absolute atomic E-state index is 12.9. The molecule has 28 heavy (non-hydrogen) atoms. The molecule has 0 saturated carbocycles. The van der Waals surface area contributed by atoms with E-state index in [2.05, 4.69) is 24.9 Å². The van der Waals surface area contributed by atoms with Crippen molar-refractivity contribution in [2.45, 2.75) is 37.0 Å². The van der Waals surface area contributed by atoms with E-state index < -0.39 is 5.25 Å². The molecular formula is C21H21N3O3S. The third-order valence-corrected chi connectivity index (χ3v) is 5.53. The summed E-state index contributed by atoms with van der Waals surface area (Å²) >= 11 is 1.19. The number of nitrogens with zero attached hydrogens (tertiary/aromatic N) is 3. The van der Waals surface area contributed by atoms with E-state index in [0.29, 0.717) is 27.9 Å². The van der Waals surface area contributed by atoms with Gasteiger partial charge < -0.3 is 4.74 Å². The normalized spacial score (nSPS) is 16.5. The van der Waals surface area contributed by atoms with Crippen LogP contribution in [-0.2, 0) is 16.0 Å². The topological polar surface area (TPSA) is 83.3 Å². The monoisotopic (exact) mass is 395 g/mol. The van der Waals surface area contributed by atoms with Gasteiger partial charge in [-0.1, -0.05) is 25.6 Å². The molecule has 0 radical (unpaired) electrons. The second-order valence-electron chi connectivity index (χ2n) is 6.94. The van der Waals surface area contributed by atoms with Gasteiger partial charge in [-0.25, -0.2) is 9.88 Å². The minimum atomic E-state index is -0.594. The molecule has 1 atom stereocenters. The number of nitriles is 1. The first-order valence-electron chi connectivity index (χ1n) is 9.00. The van der Waals surface area contributed by atoms with Crippen LogP contribution >= 0.6 is 11.8 Å². The first-order chi connectivity index (χ1) is 13.4. The molecular weight excluding hydrogens is 374 g/mol. The third kappa shape index (κ3) is 4.18. The standard InChI is InChI=1S/C21H21N3O3S/c1-13(2)10-15-5-4-14(12-22)20(23-15)28-18-11-19(25)24(21(18)26)16-6-8-17(27-3)9-7-16/h4-9,13,18H,10-11H2,1-3H3. The summed E-state index contributed by atoms with van der Waals surface area (Å²) in [7, 11) is 1.56. The molecule has 2 heterocycles. The zero-order valence-corrected chi connectivity index (χ0v) is 16.8. The van der Waals surface area contributed by atoms with E-state index in [4.69, 9.17) is 4.74 Å². The summed E-state index contributed by atoms with van der Waals surface area (Å²) in [5, 5.41) is 9.29. The number of hydrogen-bond acceptors (Lipinski definition) is 6. The summed E-state index contributed by atoms with van der Waals surface area (Å²) in [4.78, 5) is 31.1. The van der Waals surface area contributed by atoms with Crippen LogP contribution in [0, 0.1) is 17.2 Å². The summed E-state index contributed by atoms with van der Waals surface area (Å²) in [5.74, 6) is 0.529. The lowest BCUT2D eigenvalue weighted by atomic mass is 10.1. The molecule has 3 rings (SSSR count). The predicted molar refractivity (Wildman–Crippen MR) is 107 cm³/mol. The summed E-state index contributed by atoms with van der Waals surface area (Å²) in [6.45, 7) is 4.19. The number of rotatable bonds is 6. The fourth-order valence-electron chi connectivity index (χ4n) is 3.02. The molecule has 2 aromatic rings. The van der Waals surface area contributed by atoms with Crippen LogP contribution in [0.15, 0.2) is 41.4 Å². The average Bonchev–Trinajstić information content (AvgIpc) is 2.95. The van der Waals surface area contributed by atoms with Crippen LogP contribution in [0.2, 0.25) is 0 Å². The molecule has 1 aliphatic heterocycles. The highest BCUT2D eigenvalue weighted by molar-refractivity contribution is 8.00. The van der Waals surface area contributed by atoms with E-state index in [0.717, 1.165) is 12.1 Å². The maximum Gasteiger partial charge on any atom is 0.247 e. The Kier molecular flexibility index (Phi) is 6.00. The van der Waals surface area contributed by atoms with Gasteiger partial charge in [0.1, 0.15) is 16.8 Å². The number of carbonyl (C=O) groups excluding carboxylic acids is 2. The number of imide groups is 1. The van der Waals surface area contributed by atoms with Crippen LogP contribution in [0.3, 0.4) is 0 Å². The molecule has 1 unspecified atom stereocenters. The molecule has 7 heteroatoms. The van der Waals surface area contributed by atoms with Crippen LogP contribution in [-0.4, -0.2) is 29.2 Å². The van der Waals surface area contributed by atoms with Gasteiger partial charge in [-0.15, -0.1) is 0 Å². The second kappa shape index (κ2) is 8.44. The van der Waals surface area contributed by atoms with E-state index in [1.54, 1.807) is 37.4 Å². The van der Waals surface area contributed by atoms with Gasteiger partial charge in [-0.3, -0.25) is 9.59 Å². The van der Waals surface area contributed by atoms with Crippen molar-refractivity contribution < 1.29 is 14.3 Å². The SMILES string of the molecule is COc1ccc(N2C(=O)CC(Sc3nc(CC(C)C)ccc3C#N)C2=O)cc1. The Labute approximate surface area is 168 Å². The highest BCUT2D eigenvalue weighted by atomic mass is 32.2. The summed E-state index contributed by atoms with van der Waals surface area (Å²) in [5.41, 5.74) is 1.81. The Morgan fingerprint density at radius 2 is 1.96 bits per heavy atom. The Morgan fingerprint density at radius 3 is 2.57 bits per heavy atom. The smallest absolute Gasteiger partial charge is 0.247 e. The maximum atomic E-state index is 12.9. The second-order valence-corrected chi connectivity index (χ2v) is 8.13. The van der Waals surface area contributed by atoms with E-state index in [1.165, 1.54) is 16.7 Å². The average molecular weight is 395 g/mol. The zero-order chi connectivity index (χ0) is 20.3. The van der Waals surface area contributed by atoms with Crippen LogP contribution in [0.5, 0.6) is 5.75 Å². The fourth-order valence-corrected chi connectivity index (χ4v) is 4.13. The largest absolute Gasteiger partial charge is 0.497 e. The Hall–Kier alpha value is -2.85. The highest BCUT2D eigenvalue weighted by Crippen LogP contribution is 2.35. The lowest BCUT2D eigenvalue weighted by molar-refractivity contribution is -0.121. The van der Waals surface area contributed by atoms with E-state index >= 15 is 0 Å². The van der Waals surface area contributed by atoms with Crippen LogP contribution in [0.4, 0.5) is 5.69 Å². The molecule has 0 spiro atoms. The van der Waals surface area contributed by atoms with Gasteiger partial charge >= 0.3 is 0 Å². The quantitative estimate of drug-likeness (QED) is 0.695. The van der Waals surface area contributed by atoms with Gasteiger partial charge in [0.05, 0.1) is 23.6 Å². The highest BCUT2D eigenvalue weighted by Gasteiger charge is 2.40. The number of hydrogen-bond donors (Lipinski definition) is 0. The molecule has 1 aromatic heterocycles. The molecule has 0 aliphatic carbocycles. The number of thioether (sulfide) groups is 1. The number of carbonyl (C=O) groups is 2. The molecule has 6 nitrogen and oxygen atoms in total. The Morgan fingerprint density at radius 1 is 1.25 bits per heavy atom. The molecule has 1 saturated heterocycles. The lowest BCUT2D eigenvalue weighted by Gasteiger charge is -2.15. The molecule has 144 valence electrons. The minimum absolute atomic E-state index is 0.0798. The molecule has 0 N–H and O–H groups in total. The Bertz CT molecular complexity index is 935. The van der Waals surface area contributed by atoms with Gasteiger partial charge in [0.15, 0.2) is 0 Å². The third-order valence-electron chi connectivity index (χ3n) is 4.35. The molecule has 0 bridgehead atoms. The first kappa shape index (κ1) is 19.9. The van der Waals surface area contributed by atoms with Crippen molar-refractivity contribution in [1.82, 2.24) is 4.98 Å².